The average Bonchev–Trinajstić information content (AvgIpc) is 2.91. The third-order valence-electron chi connectivity index (χ3n) is 3.24. The molecule has 0 radical (unpaired) electrons. The minimum absolute atomic E-state index is 0.0789. The molecule has 2 N–H and O–H groups in total. The monoisotopic (exact) mass is 298 g/mol. The lowest BCUT2D eigenvalue weighted by atomic mass is 10.2. The zero-order valence-electron chi connectivity index (χ0n) is 11.6. The van der Waals surface area contributed by atoms with E-state index in [0.717, 1.165) is 0 Å². The summed E-state index contributed by atoms with van der Waals surface area (Å²) in [6.45, 7) is 3.14. The van der Waals surface area contributed by atoms with Crippen LogP contribution in [0.4, 0.5) is 5.69 Å². The molecule has 0 saturated carbocycles. The molecule has 0 bridgehead atoms. The third-order valence-corrected chi connectivity index (χ3v) is 3.53. The van der Waals surface area contributed by atoms with Crippen molar-refractivity contribution in [3.05, 3.63) is 23.2 Å². The normalized spacial score (nSPS) is 21.8. The number of anilines is 1. The van der Waals surface area contributed by atoms with Crippen molar-refractivity contribution >= 4 is 23.2 Å². The second kappa shape index (κ2) is 6.92. The molecule has 0 aromatic heterocycles. The van der Waals surface area contributed by atoms with Crippen LogP contribution in [-0.2, 0) is 9.53 Å². The maximum Gasteiger partial charge on any atom is 0.241 e. The first-order valence-electron chi connectivity index (χ1n) is 6.63. The molecule has 2 unspecified atom stereocenters. The Kier molecular flexibility index (Phi) is 5.23. The minimum atomic E-state index is -0.231. The predicted octanol–water partition coefficient (Wildman–Crippen LogP) is 2.05. The highest BCUT2D eigenvalue weighted by atomic mass is 35.5. The summed E-state index contributed by atoms with van der Waals surface area (Å²) in [6.07, 6.45) is 0.766. The van der Waals surface area contributed by atoms with Crippen LogP contribution in [0.15, 0.2) is 18.2 Å². The van der Waals surface area contributed by atoms with Gasteiger partial charge in [-0.3, -0.25) is 4.79 Å². The van der Waals surface area contributed by atoms with Crippen LogP contribution in [0.5, 0.6) is 5.75 Å². The van der Waals surface area contributed by atoms with Gasteiger partial charge in [0, 0.05) is 19.3 Å². The number of rotatable bonds is 5. The Bertz CT molecular complexity index is 481. The molecule has 1 amide bonds. The van der Waals surface area contributed by atoms with Gasteiger partial charge in [-0.1, -0.05) is 11.6 Å². The van der Waals surface area contributed by atoms with Gasteiger partial charge in [0.15, 0.2) is 0 Å². The number of ether oxygens (including phenoxy) is 2. The smallest absolute Gasteiger partial charge is 0.241 e. The molecule has 1 aliphatic heterocycles. The van der Waals surface area contributed by atoms with Crippen molar-refractivity contribution in [2.75, 3.05) is 25.6 Å². The number of amides is 1. The summed E-state index contributed by atoms with van der Waals surface area (Å²) in [5, 5.41) is 6.46. The highest BCUT2D eigenvalue weighted by Crippen LogP contribution is 2.27. The molecule has 20 heavy (non-hydrogen) atoms. The predicted molar refractivity (Wildman–Crippen MR) is 78.5 cm³/mol. The van der Waals surface area contributed by atoms with Crippen molar-refractivity contribution in [1.29, 1.82) is 0 Å². The lowest BCUT2D eigenvalue weighted by Gasteiger charge is -2.12. The Labute approximate surface area is 123 Å². The van der Waals surface area contributed by atoms with Gasteiger partial charge in [-0.05, 0) is 31.5 Å². The number of carbonyl (C=O) groups excluding carboxylic acids is 1. The lowest BCUT2D eigenvalue weighted by Crippen LogP contribution is -2.35. The second-order valence-corrected chi connectivity index (χ2v) is 5.03. The van der Waals surface area contributed by atoms with Crippen LogP contribution in [0.2, 0.25) is 5.02 Å². The number of benzene rings is 1. The van der Waals surface area contributed by atoms with Gasteiger partial charge in [-0.2, -0.15) is 0 Å². The number of hydrogen-bond donors (Lipinski definition) is 2. The lowest BCUT2D eigenvalue weighted by molar-refractivity contribution is -0.118. The van der Waals surface area contributed by atoms with Gasteiger partial charge in [0.05, 0.1) is 23.8 Å². The Hall–Kier alpha value is -1.30. The molecule has 2 rings (SSSR count). The molecule has 1 fully saturated rings. The van der Waals surface area contributed by atoms with Crippen LogP contribution in [0, 0.1) is 0 Å². The van der Waals surface area contributed by atoms with E-state index in [1.54, 1.807) is 25.3 Å². The second-order valence-electron chi connectivity index (χ2n) is 4.62. The van der Waals surface area contributed by atoms with Crippen LogP contribution in [-0.4, -0.2) is 38.3 Å². The largest absolute Gasteiger partial charge is 0.492 e. The SMILES string of the molecule is CCOc1ccc(NC(=O)C2CC(OC)CN2)cc1Cl. The van der Waals surface area contributed by atoms with Crippen molar-refractivity contribution in [2.45, 2.75) is 25.5 Å². The van der Waals surface area contributed by atoms with E-state index in [1.165, 1.54) is 0 Å². The summed E-state index contributed by atoms with van der Waals surface area (Å²) >= 11 is 6.08. The maximum atomic E-state index is 12.1. The van der Waals surface area contributed by atoms with E-state index in [4.69, 9.17) is 21.1 Å². The van der Waals surface area contributed by atoms with E-state index >= 15 is 0 Å². The van der Waals surface area contributed by atoms with Crippen LogP contribution >= 0.6 is 11.6 Å². The van der Waals surface area contributed by atoms with Gasteiger partial charge in [0.2, 0.25) is 5.91 Å². The van der Waals surface area contributed by atoms with Crippen molar-refractivity contribution in [1.82, 2.24) is 5.32 Å². The van der Waals surface area contributed by atoms with Crippen molar-refractivity contribution in [3.8, 4) is 5.75 Å². The summed E-state index contributed by atoms with van der Waals surface area (Å²) in [7, 11) is 1.65. The molecule has 110 valence electrons. The van der Waals surface area contributed by atoms with Crippen molar-refractivity contribution in [2.24, 2.45) is 0 Å². The van der Waals surface area contributed by atoms with E-state index in [1.807, 2.05) is 6.92 Å². The number of hydrogen-bond acceptors (Lipinski definition) is 4. The highest BCUT2D eigenvalue weighted by molar-refractivity contribution is 6.32. The van der Waals surface area contributed by atoms with Gasteiger partial charge in [-0.25, -0.2) is 0 Å². The molecular weight excluding hydrogens is 280 g/mol. The minimum Gasteiger partial charge on any atom is -0.492 e. The first-order chi connectivity index (χ1) is 9.63. The Morgan fingerprint density at radius 2 is 2.35 bits per heavy atom. The van der Waals surface area contributed by atoms with Crippen LogP contribution in [0.1, 0.15) is 13.3 Å². The summed E-state index contributed by atoms with van der Waals surface area (Å²) in [6, 6.07) is 4.98. The standard InChI is InChI=1S/C14H19ClN2O3/c1-3-20-13-5-4-9(6-11(13)15)17-14(18)12-7-10(19-2)8-16-12/h4-6,10,12,16H,3,7-8H2,1-2H3,(H,17,18). The molecule has 1 heterocycles. The first-order valence-corrected chi connectivity index (χ1v) is 7.01. The van der Waals surface area contributed by atoms with Crippen molar-refractivity contribution < 1.29 is 14.3 Å². The van der Waals surface area contributed by atoms with E-state index in [9.17, 15) is 4.79 Å². The molecule has 6 heteroatoms. The molecule has 1 aromatic carbocycles. The summed E-state index contributed by atoms with van der Waals surface area (Å²) in [4.78, 5) is 12.1. The van der Waals surface area contributed by atoms with Crippen LogP contribution in [0.25, 0.3) is 0 Å². The van der Waals surface area contributed by atoms with E-state index < -0.39 is 0 Å². The van der Waals surface area contributed by atoms with E-state index in [-0.39, 0.29) is 18.1 Å². The number of methoxy groups -OCH3 is 1. The van der Waals surface area contributed by atoms with Gasteiger partial charge in [-0.15, -0.1) is 0 Å². The maximum absolute atomic E-state index is 12.1. The van der Waals surface area contributed by atoms with Gasteiger partial charge < -0.3 is 20.1 Å². The fourth-order valence-electron chi connectivity index (χ4n) is 2.16. The zero-order chi connectivity index (χ0) is 14.5. The first kappa shape index (κ1) is 15.1. The zero-order valence-corrected chi connectivity index (χ0v) is 12.4. The Balaban J connectivity index is 1.96. The summed E-state index contributed by atoms with van der Waals surface area (Å²) in [5.41, 5.74) is 0.658. The number of carbonyl (C=O) groups is 1. The van der Waals surface area contributed by atoms with Gasteiger partial charge >= 0.3 is 0 Å². The van der Waals surface area contributed by atoms with E-state index in [2.05, 4.69) is 10.6 Å². The van der Waals surface area contributed by atoms with Crippen LogP contribution in [0.3, 0.4) is 0 Å². The molecule has 0 spiro atoms. The molecular formula is C14H19ClN2O3. The topological polar surface area (TPSA) is 59.6 Å². The highest BCUT2D eigenvalue weighted by Gasteiger charge is 2.29. The molecule has 1 saturated heterocycles. The molecule has 1 aromatic rings. The van der Waals surface area contributed by atoms with Gasteiger partial charge in [0.1, 0.15) is 5.75 Å². The quantitative estimate of drug-likeness (QED) is 0.873. The fraction of sp³-hybridized carbons (Fsp3) is 0.500. The Morgan fingerprint density at radius 1 is 1.55 bits per heavy atom. The van der Waals surface area contributed by atoms with E-state index in [0.29, 0.717) is 36.0 Å². The average molecular weight is 299 g/mol. The molecule has 0 aliphatic carbocycles. The van der Waals surface area contributed by atoms with Gasteiger partial charge in [0.25, 0.3) is 0 Å². The summed E-state index contributed by atoms with van der Waals surface area (Å²) < 4.78 is 10.6. The van der Waals surface area contributed by atoms with Crippen LogP contribution < -0.4 is 15.4 Å². The summed E-state index contributed by atoms with van der Waals surface area (Å²) in [5.74, 6) is 0.537. The Morgan fingerprint density at radius 3 is 2.95 bits per heavy atom. The molecule has 1 aliphatic rings. The number of halogens is 1. The fourth-order valence-corrected chi connectivity index (χ4v) is 2.40. The van der Waals surface area contributed by atoms with Crippen molar-refractivity contribution in [3.63, 3.8) is 0 Å². The third kappa shape index (κ3) is 3.62. The molecule has 5 nitrogen and oxygen atoms in total. The number of nitrogens with one attached hydrogen (secondary N) is 2. The molecule has 2 atom stereocenters.